The molecule has 1 fully saturated rings. The van der Waals surface area contributed by atoms with E-state index >= 15 is 0 Å². The molecule has 0 saturated heterocycles. The van der Waals surface area contributed by atoms with Crippen molar-refractivity contribution in [3.63, 3.8) is 0 Å². The number of carbonyl (C=O) groups excluding carboxylic acids is 1. The molecule has 4 heteroatoms. The number of hydrogen-bond donors (Lipinski definition) is 0. The smallest absolute Gasteiger partial charge is 0.339 e. The van der Waals surface area contributed by atoms with E-state index in [4.69, 9.17) is 9.47 Å². The lowest BCUT2D eigenvalue weighted by molar-refractivity contribution is 0.0600. The number of carbonyl (C=O) groups is 1. The second-order valence-electron chi connectivity index (χ2n) is 6.66. The first kappa shape index (κ1) is 15.2. The van der Waals surface area contributed by atoms with Gasteiger partial charge in [0.2, 0.25) is 5.88 Å². The summed E-state index contributed by atoms with van der Waals surface area (Å²) in [6, 6.07) is 8.33. The highest BCUT2D eigenvalue weighted by Crippen LogP contribution is 2.35. The molecule has 1 aromatic carbocycles. The molecule has 0 bridgehead atoms. The lowest BCUT2D eigenvalue weighted by Gasteiger charge is -2.13. The third-order valence-corrected chi connectivity index (χ3v) is 4.83. The Balaban J connectivity index is 1.72. The van der Waals surface area contributed by atoms with Crippen LogP contribution in [0.3, 0.4) is 0 Å². The number of aromatic nitrogens is 1. The van der Waals surface area contributed by atoms with Crippen LogP contribution in [-0.2, 0) is 17.6 Å². The van der Waals surface area contributed by atoms with E-state index in [9.17, 15) is 4.79 Å². The molecule has 0 spiro atoms. The van der Waals surface area contributed by atoms with Crippen molar-refractivity contribution in [1.82, 2.24) is 4.98 Å². The molecule has 2 aliphatic rings. The first-order valence-electron chi connectivity index (χ1n) is 8.58. The van der Waals surface area contributed by atoms with Gasteiger partial charge in [0.1, 0.15) is 0 Å². The summed E-state index contributed by atoms with van der Waals surface area (Å²) in [7, 11) is 1.38. The zero-order valence-corrected chi connectivity index (χ0v) is 13.9. The quantitative estimate of drug-likeness (QED) is 0.785. The number of fused-ring (bicyclic) bond motifs is 1. The van der Waals surface area contributed by atoms with Crippen LogP contribution in [0, 0.1) is 5.92 Å². The van der Waals surface area contributed by atoms with Gasteiger partial charge >= 0.3 is 5.97 Å². The number of ether oxygens (including phenoxy) is 2. The fourth-order valence-corrected chi connectivity index (χ4v) is 3.22. The lowest BCUT2D eigenvalue weighted by Crippen LogP contribution is -2.06. The number of esters is 1. The molecule has 0 radical (unpaired) electrons. The number of rotatable bonds is 5. The predicted octanol–water partition coefficient (Wildman–Crippen LogP) is 3.81. The Morgan fingerprint density at radius 3 is 2.83 bits per heavy atom. The first-order chi connectivity index (χ1) is 11.7. The fourth-order valence-electron chi connectivity index (χ4n) is 3.22. The van der Waals surface area contributed by atoms with Gasteiger partial charge in [-0.1, -0.05) is 18.2 Å². The molecule has 0 atom stereocenters. The Bertz CT molecular complexity index is 780. The van der Waals surface area contributed by atoms with Crippen molar-refractivity contribution in [2.45, 2.75) is 32.1 Å². The summed E-state index contributed by atoms with van der Waals surface area (Å²) < 4.78 is 10.8. The Morgan fingerprint density at radius 1 is 1.21 bits per heavy atom. The minimum Gasteiger partial charge on any atom is -0.477 e. The minimum atomic E-state index is -0.376. The van der Waals surface area contributed by atoms with Gasteiger partial charge in [-0.15, -0.1) is 0 Å². The highest BCUT2D eigenvalue weighted by atomic mass is 16.5. The third-order valence-electron chi connectivity index (χ3n) is 4.83. The standard InChI is InChI=1S/C20H21NO3/c1-23-20(22)17-10-18(19(21-11-17)24-12-13-5-6-13)16-8-7-14-3-2-4-15(14)9-16/h7-11,13H,2-6,12H2,1H3. The molecule has 1 saturated carbocycles. The summed E-state index contributed by atoms with van der Waals surface area (Å²) in [6.45, 7) is 0.697. The first-order valence-corrected chi connectivity index (χ1v) is 8.58. The van der Waals surface area contributed by atoms with Crippen LogP contribution in [0.5, 0.6) is 5.88 Å². The van der Waals surface area contributed by atoms with E-state index in [0.29, 0.717) is 24.0 Å². The summed E-state index contributed by atoms with van der Waals surface area (Å²) in [5, 5.41) is 0. The SMILES string of the molecule is COC(=O)c1cnc(OCC2CC2)c(-c2ccc3c(c2)CCC3)c1. The van der Waals surface area contributed by atoms with Gasteiger partial charge in [0.05, 0.1) is 19.3 Å². The van der Waals surface area contributed by atoms with Crippen LogP contribution in [0.1, 0.15) is 40.7 Å². The highest BCUT2D eigenvalue weighted by molar-refractivity contribution is 5.91. The molecule has 1 aromatic heterocycles. The normalized spacial score (nSPS) is 15.9. The summed E-state index contributed by atoms with van der Waals surface area (Å²) in [6.07, 6.45) is 7.48. The number of aryl methyl sites for hydroxylation is 2. The predicted molar refractivity (Wildman–Crippen MR) is 91.3 cm³/mol. The molecule has 24 heavy (non-hydrogen) atoms. The molecule has 2 aromatic rings. The molecule has 1 heterocycles. The van der Waals surface area contributed by atoms with Gasteiger partial charge in [0, 0.05) is 11.8 Å². The van der Waals surface area contributed by atoms with Crippen LogP contribution >= 0.6 is 0 Å². The molecule has 4 rings (SSSR count). The van der Waals surface area contributed by atoms with E-state index in [0.717, 1.165) is 24.0 Å². The van der Waals surface area contributed by atoms with Gasteiger partial charge in [-0.2, -0.15) is 0 Å². The zero-order valence-electron chi connectivity index (χ0n) is 13.9. The molecular weight excluding hydrogens is 302 g/mol. The number of hydrogen-bond acceptors (Lipinski definition) is 4. The molecule has 4 nitrogen and oxygen atoms in total. The summed E-state index contributed by atoms with van der Waals surface area (Å²) >= 11 is 0. The second kappa shape index (κ2) is 6.27. The molecule has 0 N–H and O–H groups in total. The number of methoxy groups -OCH3 is 1. The zero-order chi connectivity index (χ0) is 16.5. The maximum Gasteiger partial charge on any atom is 0.339 e. The monoisotopic (exact) mass is 323 g/mol. The third kappa shape index (κ3) is 3.01. The average Bonchev–Trinajstić information content (AvgIpc) is 3.33. The van der Waals surface area contributed by atoms with E-state index in [2.05, 4.69) is 23.2 Å². The second-order valence-corrected chi connectivity index (χ2v) is 6.66. The maximum absolute atomic E-state index is 11.9. The minimum absolute atomic E-state index is 0.376. The van der Waals surface area contributed by atoms with Crippen molar-refractivity contribution in [2.75, 3.05) is 13.7 Å². The Kier molecular flexibility index (Phi) is 3.97. The Morgan fingerprint density at radius 2 is 2.04 bits per heavy atom. The fraction of sp³-hybridized carbons (Fsp3) is 0.400. The number of nitrogens with zero attached hydrogens (tertiary/aromatic N) is 1. The van der Waals surface area contributed by atoms with Crippen molar-refractivity contribution in [2.24, 2.45) is 5.92 Å². The van der Waals surface area contributed by atoms with Crippen LogP contribution in [0.4, 0.5) is 0 Å². The van der Waals surface area contributed by atoms with Crippen LogP contribution in [0.15, 0.2) is 30.5 Å². The Hall–Kier alpha value is -2.36. The van der Waals surface area contributed by atoms with Crippen LogP contribution in [-0.4, -0.2) is 24.7 Å². The van der Waals surface area contributed by atoms with E-state index in [1.54, 1.807) is 0 Å². The molecular formula is C20H21NO3. The van der Waals surface area contributed by atoms with Crippen LogP contribution < -0.4 is 4.74 Å². The maximum atomic E-state index is 11.9. The summed E-state index contributed by atoms with van der Waals surface area (Å²) in [4.78, 5) is 16.3. The van der Waals surface area contributed by atoms with Gasteiger partial charge in [0.15, 0.2) is 0 Å². The molecule has 0 amide bonds. The van der Waals surface area contributed by atoms with Crippen LogP contribution in [0.2, 0.25) is 0 Å². The summed E-state index contributed by atoms with van der Waals surface area (Å²) in [5.74, 6) is 0.881. The Labute approximate surface area is 141 Å². The number of pyridine rings is 1. The van der Waals surface area contributed by atoms with Crippen LogP contribution in [0.25, 0.3) is 11.1 Å². The van der Waals surface area contributed by atoms with Crippen molar-refractivity contribution in [3.05, 3.63) is 47.2 Å². The van der Waals surface area contributed by atoms with Crippen molar-refractivity contribution >= 4 is 5.97 Å². The molecule has 2 aliphatic carbocycles. The molecule has 124 valence electrons. The van der Waals surface area contributed by atoms with Gasteiger partial charge in [0.25, 0.3) is 0 Å². The van der Waals surface area contributed by atoms with E-state index in [1.165, 1.54) is 43.7 Å². The average molecular weight is 323 g/mol. The highest BCUT2D eigenvalue weighted by Gasteiger charge is 2.23. The lowest BCUT2D eigenvalue weighted by atomic mass is 10.0. The van der Waals surface area contributed by atoms with E-state index in [-0.39, 0.29) is 5.97 Å². The van der Waals surface area contributed by atoms with Gasteiger partial charge in [-0.3, -0.25) is 0 Å². The topological polar surface area (TPSA) is 48.4 Å². The molecule has 0 aliphatic heterocycles. The van der Waals surface area contributed by atoms with Gasteiger partial charge in [-0.25, -0.2) is 9.78 Å². The van der Waals surface area contributed by atoms with Crippen molar-refractivity contribution in [3.8, 4) is 17.0 Å². The van der Waals surface area contributed by atoms with Gasteiger partial charge < -0.3 is 9.47 Å². The number of benzene rings is 1. The molecule has 0 unspecified atom stereocenters. The summed E-state index contributed by atoms with van der Waals surface area (Å²) in [5.41, 5.74) is 5.19. The van der Waals surface area contributed by atoms with Gasteiger partial charge in [-0.05, 0) is 60.8 Å². The van der Waals surface area contributed by atoms with E-state index in [1.807, 2.05) is 6.07 Å². The van der Waals surface area contributed by atoms with Crippen molar-refractivity contribution < 1.29 is 14.3 Å². The van der Waals surface area contributed by atoms with E-state index < -0.39 is 0 Å². The van der Waals surface area contributed by atoms with Crippen molar-refractivity contribution in [1.29, 1.82) is 0 Å². The largest absolute Gasteiger partial charge is 0.477 e.